The fourth-order valence-corrected chi connectivity index (χ4v) is 2.95. The average Bonchev–Trinajstić information content (AvgIpc) is 3.16. The van der Waals surface area contributed by atoms with Crippen molar-refractivity contribution in [2.75, 3.05) is 0 Å². The molecule has 0 aliphatic carbocycles. The Morgan fingerprint density at radius 3 is 2.09 bits per heavy atom. The number of nitrogens with zero attached hydrogens (tertiary/aromatic N) is 2. The summed E-state index contributed by atoms with van der Waals surface area (Å²) in [5.74, 6) is 2.07. The van der Waals surface area contributed by atoms with Crippen molar-refractivity contribution in [3.63, 3.8) is 0 Å². The molecule has 23 heavy (non-hydrogen) atoms. The molecular weight excluding hydrogens is 284 g/mol. The van der Waals surface area contributed by atoms with Crippen LogP contribution in [-0.4, -0.2) is 19.9 Å². The Morgan fingerprint density at radius 1 is 0.826 bits per heavy atom. The molecule has 0 aliphatic rings. The van der Waals surface area contributed by atoms with Crippen LogP contribution in [0.2, 0.25) is 0 Å². The number of H-pyrrole nitrogens is 2. The molecule has 0 spiro atoms. The van der Waals surface area contributed by atoms with Gasteiger partial charge < -0.3 is 9.97 Å². The number of para-hydroxylation sites is 4. The van der Waals surface area contributed by atoms with Gasteiger partial charge in [-0.3, -0.25) is 0 Å². The summed E-state index contributed by atoms with van der Waals surface area (Å²) in [6, 6.07) is 16.3. The number of hydrogen-bond acceptors (Lipinski definition) is 2. The summed E-state index contributed by atoms with van der Waals surface area (Å²) >= 11 is 0. The number of aromatic nitrogens is 4. The molecule has 0 radical (unpaired) electrons. The molecule has 0 bridgehead atoms. The molecule has 0 fully saturated rings. The topological polar surface area (TPSA) is 57.4 Å². The summed E-state index contributed by atoms with van der Waals surface area (Å²) in [6.07, 6.45) is 1.88. The first-order chi connectivity index (χ1) is 11.1. The molecule has 0 atom stereocenters. The predicted molar refractivity (Wildman–Crippen MR) is 93.5 cm³/mol. The predicted octanol–water partition coefficient (Wildman–Crippen LogP) is 4.35. The van der Waals surface area contributed by atoms with Gasteiger partial charge in [-0.15, -0.1) is 0 Å². The van der Waals surface area contributed by atoms with Gasteiger partial charge in [-0.25, -0.2) is 9.97 Å². The van der Waals surface area contributed by atoms with E-state index in [4.69, 9.17) is 4.98 Å². The minimum Gasteiger partial charge on any atom is -0.342 e. The quantitative estimate of drug-likeness (QED) is 0.589. The highest BCUT2D eigenvalue weighted by Crippen LogP contribution is 2.28. The van der Waals surface area contributed by atoms with Crippen LogP contribution in [0.4, 0.5) is 0 Å². The lowest BCUT2D eigenvalue weighted by Crippen LogP contribution is -2.20. The van der Waals surface area contributed by atoms with Crippen LogP contribution in [0.5, 0.6) is 0 Å². The first kappa shape index (κ1) is 14.0. The second-order valence-electron chi connectivity index (χ2n) is 6.69. The number of aromatic amines is 2. The van der Waals surface area contributed by atoms with Crippen molar-refractivity contribution in [1.29, 1.82) is 0 Å². The highest BCUT2D eigenvalue weighted by Gasteiger charge is 2.24. The van der Waals surface area contributed by atoms with Crippen molar-refractivity contribution in [3.05, 3.63) is 60.2 Å². The lowest BCUT2D eigenvalue weighted by Gasteiger charge is -2.21. The average molecular weight is 304 g/mol. The highest BCUT2D eigenvalue weighted by molar-refractivity contribution is 5.75. The first-order valence-corrected chi connectivity index (χ1v) is 8.01. The second kappa shape index (κ2) is 5.23. The third kappa shape index (κ3) is 2.61. The van der Waals surface area contributed by atoms with Gasteiger partial charge in [0.2, 0.25) is 0 Å². The molecule has 0 saturated carbocycles. The largest absolute Gasteiger partial charge is 0.342 e. The SMILES string of the molecule is CC(C)(CCc1nc2ccccc2[nH]1)c1nc2ccccc2[nH]1. The summed E-state index contributed by atoms with van der Waals surface area (Å²) in [5, 5.41) is 0. The number of imidazole rings is 2. The van der Waals surface area contributed by atoms with Gasteiger partial charge >= 0.3 is 0 Å². The number of hydrogen-bond donors (Lipinski definition) is 2. The smallest absolute Gasteiger partial charge is 0.112 e. The maximum absolute atomic E-state index is 4.75. The van der Waals surface area contributed by atoms with Crippen LogP contribution in [0.3, 0.4) is 0 Å². The molecule has 0 aliphatic heterocycles. The van der Waals surface area contributed by atoms with Gasteiger partial charge in [0.15, 0.2) is 0 Å². The van der Waals surface area contributed by atoms with E-state index in [1.54, 1.807) is 0 Å². The summed E-state index contributed by atoms with van der Waals surface area (Å²) in [6.45, 7) is 4.46. The molecule has 0 saturated heterocycles. The molecule has 2 aromatic heterocycles. The summed E-state index contributed by atoms with van der Waals surface area (Å²) in [5.41, 5.74) is 4.23. The number of benzene rings is 2. The zero-order chi connectivity index (χ0) is 15.9. The van der Waals surface area contributed by atoms with Crippen molar-refractivity contribution in [2.24, 2.45) is 0 Å². The zero-order valence-corrected chi connectivity index (χ0v) is 13.4. The molecule has 116 valence electrons. The standard InChI is InChI=1S/C19H20N4/c1-19(2,18-22-15-9-5-6-10-16(15)23-18)12-11-17-20-13-7-3-4-8-14(13)21-17/h3-10H,11-12H2,1-2H3,(H,20,21)(H,22,23). The third-order valence-corrected chi connectivity index (χ3v) is 4.46. The fraction of sp³-hybridized carbons (Fsp3) is 0.263. The minimum absolute atomic E-state index is 0.0298. The Hall–Kier alpha value is -2.62. The molecule has 4 nitrogen and oxygen atoms in total. The first-order valence-electron chi connectivity index (χ1n) is 8.01. The lowest BCUT2D eigenvalue weighted by molar-refractivity contribution is 0.451. The van der Waals surface area contributed by atoms with E-state index in [9.17, 15) is 0 Å². The number of rotatable bonds is 4. The van der Waals surface area contributed by atoms with Crippen molar-refractivity contribution in [1.82, 2.24) is 19.9 Å². The number of aryl methyl sites for hydroxylation is 1. The van der Waals surface area contributed by atoms with Gasteiger partial charge in [0.25, 0.3) is 0 Å². The number of fused-ring (bicyclic) bond motifs is 2. The van der Waals surface area contributed by atoms with Crippen LogP contribution in [0.25, 0.3) is 22.1 Å². The van der Waals surface area contributed by atoms with Crippen molar-refractivity contribution < 1.29 is 0 Å². The van der Waals surface area contributed by atoms with E-state index < -0.39 is 0 Å². The van der Waals surface area contributed by atoms with Crippen LogP contribution in [0.15, 0.2) is 48.5 Å². The van der Waals surface area contributed by atoms with Crippen LogP contribution >= 0.6 is 0 Å². The van der Waals surface area contributed by atoms with Gasteiger partial charge in [-0.05, 0) is 30.7 Å². The maximum atomic E-state index is 4.75. The van der Waals surface area contributed by atoms with Crippen LogP contribution in [0.1, 0.15) is 31.9 Å². The van der Waals surface area contributed by atoms with Gasteiger partial charge in [-0.2, -0.15) is 0 Å². The molecule has 4 rings (SSSR count). The molecular formula is C19H20N4. The Balaban J connectivity index is 1.56. The lowest BCUT2D eigenvalue weighted by atomic mass is 9.87. The third-order valence-electron chi connectivity index (χ3n) is 4.46. The van der Waals surface area contributed by atoms with E-state index in [2.05, 4.69) is 40.9 Å². The normalized spacial score (nSPS) is 12.3. The summed E-state index contributed by atoms with van der Waals surface area (Å²) in [7, 11) is 0. The second-order valence-corrected chi connectivity index (χ2v) is 6.69. The Kier molecular flexibility index (Phi) is 3.18. The molecule has 4 aromatic rings. The molecule has 0 amide bonds. The molecule has 0 unspecified atom stereocenters. The fourth-order valence-electron chi connectivity index (χ4n) is 2.95. The van der Waals surface area contributed by atoms with E-state index in [0.717, 1.165) is 46.6 Å². The molecule has 2 N–H and O–H groups in total. The number of nitrogens with one attached hydrogen (secondary N) is 2. The van der Waals surface area contributed by atoms with E-state index >= 15 is 0 Å². The van der Waals surface area contributed by atoms with Gasteiger partial charge in [0, 0.05) is 11.8 Å². The summed E-state index contributed by atoms with van der Waals surface area (Å²) < 4.78 is 0. The minimum atomic E-state index is -0.0298. The van der Waals surface area contributed by atoms with E-state index in [1.807, 2.05) is 36.4 Å². The van der Waals surface area contributed by atoms with E-state index in [-0.39, 0.29) is 5.41 Å². The Bertz CT molecular complexity index is 896. The van der Waals surface area contributed by atoms with Crippen LogP contribution in [0, 0.1) is 0 Å². The van der Waals surface area contributed by atoms with Crippen LogP contribution < -0.4 is 0 Å². The zero-order valence-electron chi connectivity index (χ0n) is 13.4. The van der Waals surface area contributed by atoms with Crippen molar-refractivity contribution in [2.45, 2.75) is 32.1 Å². The molecule has 4 heteroatoms. The highest BCUT2D eigenvalue weighted by atomic mass is 14.9. The molecule has 2 heterocycles. The Morgan fingerprint density at radius 2 is 1.43 bits per heavy atom. The maximum Gasteiger partial charge on any atom is 0.112 e. The molecule has 2 aromatic carbocycles. The van der Waals surface area contributed by atoms with Crippen molar-refractivity contribution >= 4 is 22.1 Å². The van der Waals surface area contributed by atoms with E-state index in [0.29, 0.717) is 0 Å². The Labute approximate surface area is 135 Å². The summed E-state index contributed by atoms with van der Waals surface area (Å²) in [4.78, 5) is 16.3. The van der Waals surface area contributed by atoms with Crippen molar-refractivity contribution in [3.8, 4) is 0 Å². The van der Waals surface area contributed by atoms with E-state index in [1.165, 1.54) is 0 Å². The van der Waals surface area contributed by atoms with Gasteiger partial charge in [0.1, 0.15) is 11.6 Å². The van der Waals surface area contributed by atoms with Gasteiger partial charge in [-0.1, -0.05) is 38.1 Å². The van der Waals surface area contributed by atoms with Gasteiger partial charge in [0.05, 0.1) is 22.1 Å². The monoisotopic (exact) mass is 304 g/mol. The van der Waals surface area contributed by atoms with Crippen LogP contribution in [-0.2, 0) is 11.8 Å².